The van der Waals surface area contributed by atoms with E-state index in [1.54, 1.807) is 31.1 Å². The summed E-state index contributed by atoms with van der Waals surface area (Å²) in [6.45, 7) is 2.87. The smallest absolute Gasteiger partial charge is 0.410 e. The minimum absolute atomic E-state index is 0. The summed E-state index contributed by atoms with van der Waals surface area (Å²) in [6, 6.07) is 5.83. The van der Waals surface area contributed by atoms with Crippen LogP contribution in [0.1, 0.15) is 18.5 Å². The minimum atomic E-state index is -0.913. The number of rotatable bonds is 6. The Morgan fingerprint density at radius 1 is 1.38 bits per heavy atom. The first-order chi connectivity index (χ1) is 16.3. The van der Waals surface area contributed by atoms with E-state index < -0.39 is 29.1 Å². The molecule has 0 saturated carbocycles. The SMILES string of the molecule is COC1CCN(C(=O)OCc2nc(C)c(-c3cccc(-c4cc(F)c(N=N)c(N)c4F)n3)s2)C1.[HH]. The van der Waals surface area contributed by atoms with E-state index in [0.717, 1.165) is 12.5 Å². The fourth-order valence-corrected chi connectivity index (χ4v) is 4.65. The topological polar surface area (TPSA) is 127 Å². The summed E-state index contributed by atoms with van der Waals surface area (Å²) in [5.74, 6) is -1.81. The molecule has 1 atom stereocenters. The van der Waals surface area contributed by atoms with Crippen LogP contribution in [0.5, 0.6) is 0 Å². The lowest BCUT2D eigenvalue weighted by Crippen LogP contribution is -2.30. The molecule has 1 aliphatic rings. The summed E-state index contributed by atoms with van der Waals surface area (Å²) in [5, 5.41) is 3.53. The van der Waals surface area contributed by atoms with Crippen molar-refractivity contribution in [1.29, 1.82) is 5.53 Å². The van der Waals surface area contributed by atoms with Crippen molar-refractivity contribution in [2.24, 2.45) is 5.11 Å². The highest BCUT2D eigenvalue weighted by Gasteiger charge is 2.27. The van der Waals surface area contributed by atoms with Gasteiger partial charge in [-0.3, -0.25) is 0 Å². The quantitative estimate of drug-likeness (QED) is 0.356. The van der Waals surface area contributed by atoms with Gasteiger partial charge in [0.1, 0.15) is 17.3 Å². The number of nitrogens with one attached hydrogen (secondary N) is 1. The number of ether oxygens (including phenoxy) is 2. The van der Waals surface area contributed by atoms with E-state index >= 15 is 0 Å². The number of methoxy groups -OCH3 is 1. The first-order valence-corrected chi connectivity index (χ1v) is 11.2. The predicted molar refractivity (Wildman–Crippen MR) is 124 cm³/mol. The Morgan fingerprint density at radius 2 is 2.15 bits per heavy atom. The zero-order valence-electron chi connectivity index (χ0n) is 18.5. The van der Waals surface area contributed by atoms with Crippen LogP contribution < -0.4 is 5.73 Å². The fourth-order valence-electron chi connectivity index (χ4n) is 3.70. The van der Waals surface area contributed by atoms with Crippen LogP contribution in [0.15, 0.2) is 29.4 Å². The molecule has 3 aromatic rings. The molecule has 9 nitrogen and oxygen atoms in total. The number of nitrogens with zero attached hydrogens (tertiary/aromatic N) is 4. The van der Waals surface area contributed by atoms with Gasteiger partial charge in [-0.25, -0.2) is 29.1 Å². The third-order valence-corrected chi connectivity index (χ3v) is 6.64. The summed E-state index contributed by atoms with van der Waals surface area (Å²) in [4.78, 5) is 23.5. The number of hydrogen-bond acceptors (Lipinski definition) is 9. The number of aromatic nitrogens is 2. The number of hydrogen-bond donors (Lipinski definition) is 2. The van der Waals surface area contributed by atoms with Crippen molar-refractivity contribution in [2.45, 2.75) is 26.1 Å². The first kappa shape index (κ1) is 23.6. The maximum absolute atomic E-state index is 14.7. The summed E-state index contributed by atoms with van der Waals surface area (Å²) in [5.41, 5.74) is 12.7. The Labute approximate surface area is 199 Å². The van der Waals surface area contributed by atoms with Crippen molar-refractivity contribution in [3.05, 3.63) is 46.6 Å². The molecule has 3 heterocycles. The largest absolute Gasteiger partial charge is 0.442 e. The summed E-state index contributed by atoms with van der Waals surface area (Å²) in [6.07, 6.45) is 0.364. The molecule has 1 amide bonds. The van der Waals surface area contributed by atoms with E-state index in [1.165, 1.54) is 17.4 Å². The molecule has 2 aromatic heterocycles. The Morgan fingerprint density at radius 3 is 2.85 bits per heavy atom. The van der Waals surface area contributed by atoms with Crippen LogP contribution in [0.25, 0.3) is 21.8 Å². The normalized spacial score (nSPS) is 15.5. The van der Waals surface area contributed by atoms with Crippen LogP contribution in [0.4, 0.5) is 25.0 Å². The molecular weight excluding hydrogens is 466 g/mol. The molecule has 0 radical (unpaired) electrons. The number of carbonyl (C=O) groups is 1. The molecule has 12 heteroatoms. The molecular formula is C22H24F2N6O3S. The van der Waals surface area contributed by atoms with Crippen molar-refractivity contribution < 1.29 is 24.5 Å². The lowest BCUT2D eigenvalue weighted by molar-refractivity contribution is 0.0847. The number of benzene rings is 1. The standard InChI is InChI=1S/C22H22F2N6O3S.H2/c1-11-21(34-17(27-11)10-33-22(31)30-7-6-12(9-30)32-2)16-5-3-4-15(28-16)13-8-14(23)20(29-26)19(25)18(13)24;/h3-5,8,12,26H,6-7,9-10,25H2,1-2H3;1H. The van der Waals surface area contributed by atoms with E-state index in [9.17, 15) is 13.6 Å². The molecule has 3 N–H and O–H groups in total. The van der Waals surface area contributed by atoms with Crippen LogP contribution in [0.2, 0.25) is 0 Å². The fraction of sp³-hybridized carbons (Fsp3) is 0.318. The van der Waals surface area contributed by atoms with Crippen LogP contribution in [-0.2, 0) is 16.1 Å². The van der Waals surface area contributed by atoms with E-state index in [2.05, 4.69) is 15.1 Å². The Kier molecular flexibility index (Phi) is 6.80. The van der Waals surface area contributed by atoms with Gasteiger partial charge in [-0.15, -0.1) is 11.3 Å². The number of pyridine rings is 1. The maximum Gasteiger partial charge on any atom is 0.410 e. The molecule has 1 aromatic carbocycles. The van der Waals surface area contributed by atoms with Crippen LogP contribution in [0.3, 0.4) is 0 Å². The Hall–Kier alpha value is -3.51. The van der Waals surface area contributed by atoms with Crippen LogP contribution in [0, 0.1) is 24.1 Å². The van der Waals surface area contributed by atoms with Crippen molar-refractivity contribution >= 4 is 28.8 Å². The van der Waals surface area contributed by atoms with Crippen molar-refractivity contribution in [1.82, 2.24) is 14.9 Å². The molecule has 1 fully saturated rings. The molecule has 4 rings (SSSR count). The highest BCUT2D eigenvalue weighted by atomic mass is 32.1. The highest BCUT2D eigenvalue weighted by molar-refractivity contribution is 7.15. The third-order valence-electron chi connectivity index (χ3n) is 5.49. The number of nitrogens with two attached hydrogens (primary N) is 1. The second kappa shape index (κ2) is 9.77. The minimum Gasteiger partial charge on any atom is -0.442 e. The van der Waals surface area contributed by atoms with Gasteiger partial charge in [-0.05, 0) is 31.5 Å². The molecule has 0 aliphatic carbocycles. The monoisotopic (exact) mass is 490 g/mol. The average molecular weight is 491 g/mol. The lowest BCUT2D eigenvalue weighted by atomic mass is 10.1. The second-order valence-corrected chi connectivity index (χ2v) is 8.75. The van der Waals surface area contributed by atoms with Gasteiger partial charge in [0.25, 0.3) is 0 Å². The van der Waals surface area contributed by atoms with E-state index in [0.29, 0.717) is 34.4 Å². The zero-order valence-corrected chi connectivity index (χ0v) is 19.3. The van der Waals surface area contributed by atoms with Gasteiger partial charge in [0.05, 0.1) is 40.3 Å². The molecule has 1 unspecified atom stereocenters. The number of carbonyl (C=O) groups excluding carboxylic acids is 1. The number of amides is 1. The average Bonchev–Trinajstić information content (AvgIpc) is 3.47. The Balaban J connectivity index is 0.00000342. The van der Waals surface area contributed by atoms with Crippen LogP contribution >= 0.6 is 11.3 Å². The van der Waals surface area contributed by atoms with Gasteiger partial charge in [0.2, 0.25) is 0 Å². The summed E-state index contributed by atoms with van der Waals surface area (Å²) in [7, 11) is 1.62. The van der Waals surface area contributed by atoms with Crippen LogP contribution in [-0.4, -0.2) is 47.3 Å². The Bertz CT molecular complexity index is 1260. The number of thiazole rings is 1. The summed E-state index contributed by atoms with van der Waals surface area (Å²) < 4.78 is 39.6. The van der Waals surface area contributed by atoms with E-state index in [-0.39, 0.29) is 25.4 Å². The molecule has 34 heavy (non-hydrogen) atoms. The predicted octanol–water partition coefficient (Wildman–Crippen LogP) is 5.31. The maximum atomic E-state index is 14.7. The summed E-state index contributed by atoms with van der Waals surface area (Å²) >= 11 is 1.30. The van der Waals surface area contributed by atoms with Crippen molar-refractivity contribution in [3.8, 4) is 21.8 Å². The highest BCUT2D eigenvalue weighted by Crippen LogP contribution is 2.36. The van der Waals surface area contributed by atoms with Crippen molar-refractivity contribution in [3.63, 3.8) is 0 Å². The molecule has 0 bridgehead atoms. The molecule has 1 aliphatic heterocycles. The second-order valence-electron chi connectivity index (χ2n) is 7.67. The van der Waals surface area contributed by atoms with E-state index in [4.69, 9.17) is 20.7 Å². The van der Waals surface area contributed by atoms with Gasteiger partial charge in [0.15, 0.2) is 11.6 Å². The van der Waals surface area contributed by atoms with Gasteiger partial charge < -0.3 is 20.1 Å². The van der Waals surface area contributed by atoms with Gasteiger partial charge in [-0.2, -0.15) is 5.11 Å². The number of halogens is 2. The van der Waals surface area contributed by atoms with Gasteiger partial charge >= 0.3 is 6.09 Å². The molecule has 0 spiro atoms. The zero-order chi connectivity index (χ0) is 24.4. The number of anilines is 1. The first-order valence-electron chi connectivity index (χ1n) is 10.4. The lowest BCUT2D eigenvalue weighted by Gasteiger charge is -2.15. The number of likely N-dealkylation sites (tertiary alicyclic amines) is 1. The van der Waals surface area contributed by atoms with Gasteiger partial charge in [0, 0.05) is 20.6 Å². The molecule has 180 valence electrons. The van der Waals surface area contributed by atoms with E-state index in [1.807, 2.05) is 0 Å². The molecule has 1 saturated heterocycles. The van der Waals surface area contributed by atoms with Gasteiger partial charge in [-0.1, -0.05) is 6.07 Å². The van der Waals surface area contributed by atoms with Crippen molar-refractivity contribution in [2.75, 3.05) is 25.9 Å². The third kappa shape index (κ3) is 4.59. The number of aryl methyl sites for hydroxylation is 1. The number of nitrogen functional groups attached to an aromatic ring is 1.